The van der Waals surface area contributed by atoms with E-state index in [0.717, 1.165) is 35.2 Å². The number of halogens is 2. The SMILES string of the molecule is Cc1ccc2c(c1C)NC(=O)[C@]21[C@@H]2C(=O)N(c3ccc(Cl)cc3Cl)C(=O)[C@@H]2[C@@H]2CCCN21. The van der Waals surface area contributed by atoms with Crippen LogP contribution >= 0.6 is 23.2 Å². The first kappa shape index (κ1) is 20.2. The molecule has 2 aromatic rings. The third-order valence-corrected chi connectivity index (χ3v) is 8.39. The van der Waals surface area contributed by atoms with Crippen molar-refractivity contribution in [3.8, 4) is 0 Å². The molecule has 0 saturated carbocycles. The van der Waals surface area contributed by atoms with Crippen molar-refractivity contribution in [3.63, 3.8) is 0 Å². The van der Waals surface area contributed by atoms with Crippen LogP contribution in [0.25, 0.3) is 0 Å². The molecule has 0 aromatic heterocycles. The van der Waals surface area contributed by atoms with E-state index >= 15 is 0 Å². The molecule has 4 atom stereocenters. The van der Waals surface area contributed by atoms with E-state index in [1.165, 1.54) is 11.0 Å². The minimum atomic E-state index is -1.18. The average molecular weight is 470 g/mol. The van der Waals surface area contributed by atoms with Crippen molar-refractivity contribution in [2.45, 2.75) is 38.3 Å². The highest BCUT2D eigenvalue weighted by Gasteiger charge is 2.74. The Kier molecular flexibility index (Phi) is 4.15. The number of aryl methyl sites for hydroxylation is 1. The van der Waals surface area contributed by atoms with Crippen LogP contribution < -0.4 is 10.2 Å². The normalized spacial score (nSPS) is 30.8. The van der Waals surface area contributed by atoms with Crippen molar-refractivity contribution in [1.29, 1.82) is 0 Å². The number of nitrogens with zero attached hydrogens (tertiary/aromatic N) is 2. The van der Waals surface area contributed by atoms with Gasteiger partial charge in [-0.3, -0.25) is 19.3 Å². The number of rotatable bonds is 1. The molecule has 0 aliphatic carbocycles. The van der Waals surface area contributed by atoms with Crippen molar-refractivity contribution < 1.29 is 14.4 Å². The summed E-state index contributed by atoms with van der Waals surface area (Å²) in [5, 5.41) is 3.73. The fourth-order valence-electron chi connectivity index (χ4n) is 6.42. The van der Waals surface area contributed by atoms with Gasteiger partial charge in [0.05, 0.1) is 22.5 Å². The minimum Gasteiger partial charge on any atom is -0.324 e. The second-order valence-electron chi connectivity index (χ2n) is 9.16. The third kappa shape index (κ3) is 2.23. The van der Waals surface area contributed by atoms with Crippen LogP contribution in [0.3, 0.4) is 0 Å². The maximum Gasteiger partial charge on any atom is 0.250 e. The Bertz CT molecular complexity index is 1250. The van der Waals surface area contributed by atoms with E-state index in [1.54, 1.807) is 12.1 Å². The summed E-state index contributed by atoms with van der Waals surface area (Å²) in [6, 6.07) is 8.50. The molecule has 6 nitrogen and oxygen atoms in total. The van der Waals surface area contributed by atoms with Crippen LogP contribution in [0.15, 0.2) is 30.3 Å². The quantitative estimate of drug-likeness (QED) is 0.639. The van der Waals surface area contributed by atoms with Gasteiger partial charge in [0.15, 0.2) is 0 Å². The number of hydrogen-bond acceptors (Lipinski definition) is 4. The maximum absolute atomic E-state index is 13.9. The second kappa shape index (κ2) is 6.56. The van der Waals surface area contributed by atoms with Gasteiger partial charge < -0.3 is 5.32 Å². The predicted molar refractivity (Wildman–Crippen MR) is 122 cm³/mol. The molecule has 2 aromatic carbocycles. The topological polar surface area (TPSA) is 69.7 Å². The molecule has 0 unspecified atom stereocenters. The summed E-state index contributed by atoms with van der Waals surface area (Å²) in [6.45, 7) is 4.65. The molecule has 3 amide bonds. The summed E-state index contributed by atoms with van der Waals surface area (Å²) < 4.78 is 0. The number of fused-ring (bicyclic) bond motifs is 7. The molecule has 8 heteroatoms. The van der Waals surface area contributed by atoms with Crippen LogP contribution in [0.1, 0.15) is 29.5 Å². The van der Waals surface area contributed by atoms with E-state index < -0.39 is 17.4 Å². The van der Waals surface area contributed by atoms with E-state index in [4.69, 9.17) is 23.2 Å². The zero-order valence-corrected chi connectivity index (χ0v) is 19.1. The fraction of sp³-hybridized carbons (Fsp3) is 0.375. The number of benzene rings is 2. The Balaban J connectivity index is 1.57. The maximum atomic E-state index is 13.9. The van der Waals surface area contributed by atoms with Crippen LogP contribution in [0.4, 0.5) is 11.4 Å². The largest absolute Gasteiger partial charge is 0.324 e. The highest BCUT2D eigenvalue weighted by molar-refractivity contribution is 6.38. The first-order chi connectivity index (χ1) is 15.3. The van der Waals surface area contributed by atoms with E-state index in [9.17, 15) is 14.4 Å². The summed E-state index contributed by atoms with van der Waals surface area (Å²) in [5.74, 6) is -2.26. The van der Waals surface area contributed by atoms with Crippen molar-refractivity contribution >= 4 is 52.3 Å². The summed E-state index contributed by atoms with van der Waals surface area (Å²) >= 11 is 12.4. The van der Waals surface area contributed by atoms with Crippen molar-refractivity contribution in [1.82, 2.24) is 4.90 Å². The number of amides is 3. The smallest absolute Gasteiger partial charge is 0.250 e. The zero-order chi connectivity index (χ0) is 22.5. The molecule has 4 heterocycles. The summed E-state index contributed by atoms with van der Waals surface area (Å²) in [5.41, 5.74) is 2.76. The van der Waals surface area contributed by atoms with Crippen LogP contribution in [0, 0.1) is 25.7 Å². The van der Waals surface area contributed by atoms with Gasteiger partial charge in [-0.15, -0.1) is 0 Å². The van der Waals surface area contributed by atoms with Crippen molar-refractivity contribution in [3.05, 3.63) is 57.1 Å². The summed E-state index contributed by atoms with van der Waals surface area (Å²) in [6.07, 6.45) is 1.66. The van der Waals surface area contributed by atoms with E-state index in [2.05, 4.69) is 10.2 Å². The van der Waals surface area contributed by atoms with Gasteiger partial charge in [-0.25, -0.2) is 4.90 Å². The molecule has 0 bridgehead atoms. The molecule has 32 heavy (non-hydrogen) atoms. The predicted octanol–water partition coefficient (Wildman–Crippen LogP) is 4.04. The zero-order valence-electron chi connectivity index (χ0n) is 17.6. The van der Waals surface area contributed by atoms with Gasteiger partial charge in [-0.05, 0) is 62.6 Å². The Morgan fingerprint density at radius 1 is 1.06 bits per heavy atom. The van der Waals surface area contributed by atoms with Crippen LogP contribution in [0.5, 0.6) is 0 Å². The average Bonchev–Trinajstić information content (AvgIpc) is 3.45. The second-order valence-corrected chi connectivity index (χ2v) is 10.0. The number of imide groups is 1. The Labute approximate surface area is 195 Å². The number of hydrogen-bond donors (Lipinski definition) is 1. The Morgan fingerprint density at radius 3 is 2.59 bits per heavy atom. The van der Waals surface area contributed by atoms with Gasteiger partial charge in [0, 0.05) is 22.3 Å². The summed E-state index contributed by atoms with van der Waals surface area (Å²) in [4.78, 5) is 44.7. The van der Waals surface area contributed by atoms with E-state index in [-0.39, 0.29) is 28.8 Å². The van der Waals surface area contributed by atoms with Crippen molar-refractivity contribution in [2.75, 3.05) is 16.8 Å². The van der Waals surface area contributed by atoms with Crippen molar-refractivity contribution in [2.24, 2.45) is 11.8 Å². The lowest BCUT2D eigenvalue weighted by molar-refractivity contribution is -0.135. The lowest BCUT2D eigenvalue weighted by Crippen LogP contribution is -2.54. The summed E-state index contributed by atoms with van der Waals surface area (Å²) in [7, 11) is 0. The number of anilines is 2. The molecule has 6 rings (SSSR count). The standard InChI is InChI=1S/C24H21Cl2N3O3/c1-11-5-7-14-20(12(11)2)27-23(32)24(14)19-18(17-4-3-9-28(17)24)21(30)29(22(19)31)16-8-6-13(25)10-15(16)26/h5-8,10,17-19H,3-4,9H2,1-2H3,(H,27,32)/t17-,18+,19-,24+/m0/s1. The lowest BCUT2D eigenvalue weighted by atomic mass is 9.75. The molecule has 1 N–H and O–H groups in total. The molecule has 4 aliphatic rings. The lowest BCUT2D eigenvalue weighted by Gasteiger charge is -2.36. The Morgan fingerprint density at radius 2 is 1.84 bits per heavy atom. The van der Waals surface area contributed by atoms with Gasteiger partial charge in [0.1, 0.15) is 5.54 Å². The molecule has 164 valence electrons. The molecule has 0 radical (unpaired) electrons. The minimum absolute atomic E-state index is 0.161. The highest BCUT2D eigenvalue weighted by Crippen LogP contribution is 2.61. The van der Waals surface area contributed by atoms with Gasteiger partial charge in [0.25, 0.3) is 0 Å². The van der Waals surface area contributed by atoms with E-state index in [0.29, 0.717) is 17.3 Å². The first-order valence-electron chi connectivity index (χ1n) is 10.8. The fourth-order valence-corrected chi connectivity index (χ4v) is 6.91. The molecule has 4 aliphatic heterocycles. The first-order valence-corrected chi connectivity index (χ1v) is 11.6. The Hall–Kier alpha value is -2.41. The molecular weight excluding hydrogens is 449 g/mol. The van der Waals surface area contributed by atoms with Crippen LogP contribution in [-0.2, 0) is 19.9 Å². The van der Waals surface area contributed by atoms with Crippen LogP contribution in [0.2, 0.25) is 10.0 Å². The molecule has 3 fully saturated rings. The highest BCUT2D eigenvalue weighted by atomic mass is 35.5. The van der Waals surface area contributed by atoms with Gasteiger partial charge >= 0.3 is 0 Å². The third-order valence-electron chi connectivity index (χ3n) is 7.85. The van der Waals surface area contributed by atoms with Gasteiger partial charge in [0.2, 0.25) is 17.7 Å². The number of carbonyl (C=O) groups excluding carboxylic acids is 3. The molecular formula is C24H21Cl2N3O3. The van der Waals surface area contributed by atoms with Gasteiger partial charge in [-0.2, -0.15) is 0 Å². The van der Waals surface area contributed by atoms with E-state index in [1.807, 2.05) is 26.0 Å². The molecule has 1 spiro atoms. The number of carbonyl (C=O) groups is 3. The monoisotopic (exact) mass is 469 g/mol. The van der Waals surface area contributed by atoms with Gasteiger partial charge in [-0.1, -0.05) is 35.3 Å². The van der Waals surface area contributed by atoms with Crippen LogP contribution in [-0.4, -0.2) is 35.2 Å². The molecule has 3 saturated heterocycles. The number of nitrogens with one attached hydrogen (secondary N) is 1.